The first-order valence-corrected chi connectivity index (χ1v) is 7.13. The number of ether oxygens (including phenoxy) is 1. The van der Waals surface area contributed by atoms with Crippen molar-refractivity contribution >= 4 is 0 Å². The van der Waals surface area contributed by atoms with Crippen LogP contribution in [0, 0.1) is 5.92 Å². The number of hydrogen-bond acceptors (Lipinski definition) is 2. The molecule has 3 unspecified atom stereocenters. The predicted molar refractivity (Wildman–Crippen MR) is 69.5 cm³/mol. The van der Waals surface area contributed by atoms with Gasteiger partial charge in [-0.15, -0.1) is 0 Å². The highest BCUT2D eigenvalue weighted by atomic mass is 16.5. The Morgan fingerprint density at radius 2 is 2.06 bits per heavy atom. The van der Waals surface area contributed by atoms with Crippen LogP contribution in [-0.4, -0.2) is 18.8 Å². The Kier molecular flexibility index (Phi) is 7.06. The molecule has 0 aromatic carbocycles. The lowest BCUT2D eigenvalue weighted by Gasteiger charge is -2.23. The van der Waals surface area contributed by atoms with E-state index in [9.17, 15) is 0 Å². The number of unbranched alkanes of at least 4 members (excludes halogenated alkanes) is 3. The third-order valence-electron chi connectivity index (χ3n) is 3.76. The number of hydrogen-bond donors (Lipinski definition) is 1. The summed E-state index contributed by atoms with van der Waals surface area (Å²) in [5, 5.41) is 0. The fourth-order valence-corrected chi connectivity index (χ4v) is 2.68. The molecule has 0 spiro atoms. The summed E-state index contributed by atoms with van der Waals surface area (Å²) in [5.74, 6) is 0.623. The minimum atomic E-state index is 0.425. The summed E-state index contributed by atoms with van der Waals surface area (Å²) >= 11 is 0. The van der Waals surface area contributed by atoms with E-state index in [2.05, 4.69) is 13.8 Å². The fraction of sp³-hybridized carbons (Fsp3) is 1.00. The summed E-state index contributed by atoms with van der Waals surface area (Å²) in [4.78, 5) is 0. The monoisotopic (exact) mass is 227 g/mol. The van der Waals surface area contributed by atoms with Crippen molar-refractivity contribution < 1.29 is 4.74 Å². The Bertz CT molecular complexity index is 172. The Hall–Kier alpha value is -0.0800. The van der Waals surface area contributed by atoms with E-state index in [-0.39, 0.29) is 0 Å². The van der Waals surface area contributed by atoms with E-state index in [4.69, 9.17) is 10.5 Å². The first kappa shape index (κ1) is 14.0. The van der Waals surface area contributed by atoms with Gasteiger partial charge in [-0.05, 0) is 38.6 Å². The van der Waals surface area contributed by atoms with Gasteiger partial charge in [-0.25, -0.2) is 0 Å². The molecule has 1 aliphatic rings. The molecule has 0 aliphatic heterocycles. The van der Waals surface area contributed by atoms with E-state index < -0.39 is 0 Å². The Morgan fingerprint density at radius 3 is 2.75 bits per heavy atom. The third-order valence-corrected chi connectivity index (χ3v) is 3.76. The van der Waals surface area contributed by atoms with Crippen LogP contribution < -0.4 is 5.73 Å². The molecule has 0 aromatic heterocycles. The van der Waals surface area contributed by atoms with Crippen LogP contribution in [0.25, 0.3) is 0 Å². The summed E-state index contributed by atoms with van der Waals surface area (Å²) in [6.07, 6.45) is 11.2. The average molecular weight is 227 g/mol. The zero-order valence-electron chi connectivity index (χ0n) is 11.1. The molecule has 2 N–H and O–H groups in total. The highest BCUT2D eigenvalue weighted by molar-refractivity contribution is 4.79. The molecule has 1 fully saturated rings. The van der Waals surface area contributed by atoms with Crippen molar-refractivity contribution in [2.45, 2.75) is 77.4 Å². The second-order valence-electron chi connectivity index (χ2n) is 5.26. The van der Waals surface area contributed by atoms with Gasteiger partial charge in [-0.1, -0.05) is 39.0 Å². The van der Waals surface area contributed by atoms with Crippen molar-refractivity contribution in [2.24, 2.45) is 11.7 Å². The van der Waals surface area contributed by atoms with Gasteiger partial charge in [0.2, 0.25) is 0 Å². The highest BCUT2D eigenvalue weighted by Gasteiger charge is 2.27. The van der Waals surface area contributed by atoms with Crippen LogP contribution in [-0.2, 0) is 4.74 Å². The third kappa shape index (κ3) is 4.84. The standard InChI is InChI=1S/C14H29NO/c1-3-4-5-6-8-12(2)16-14-10-7-9-13(14)11-15/h12-14H,3-11,15H2,1-2H3. The van der Waals surface area contributed by atoms with Gasteiger partial charge in [0.05, 0.1) is 12.2 Å². The second kappa shape index (κ2) is 8.08. The summed E-state index contributed by atoms with van der Waals surface area (Å²) in [6, 6.07) is 0. The number of nitrogens with two attached hydrogens (primary N) is 1. The fourth-order valence-electron chi connectivity index (χ4n) is 2.68. The first-order chi connectivity index (χ1) is 7.77. The molecule has 0 bridgehead atoms. The van der Waals surface area contributed by atoms with E-state index in [0.29, 0.717) is 18.1 Å². The molecule has 0 saturated heterocycles. The van der Waals surface area contributed by atoms with Gasteiger partial charge in [0.1, 0.15) is 0 Å². The topological polar surface area (TPSA) is 35.2 Å². The van der Waals surface area contributed by atoms with Gasteiger partial charge >= 0.3 is 0 Å². The SMILES string of the molecule is CCCCCCC(C)OC1CCCC1CN. The molecule has 1 rings (SSSR count). The maximum Gasteiger partial charge on any atom is 0.0618 e. The molecule has 2 nitrogen and oxygen atoms in total. The molecule has 96 valence electrons. The normalized spacial score (nSPS) is 27.2. The summed E-state index contributed by atoms with van der Waals surface area (Å²) < 4.78 is 6.11. The molecule has 1 saturated carbocycles. The molecule has 0 radical (unpaired) electrons. The summed E-state index contributed by atoms with van der Waals surface area (Å²) in [7, 11) is 0. The first-order valence-electron chi connectivity index (χ1n) is 7.13. The van der Waals surface area contributed by atoms with Gasteiger partial charge in [0.25, 0.3) is 0 Å². The van der Waals surface area contributed by atoms with Crippen LogP contribution >= 0.6 is 0 Å². The van der Waals surface area contributed by atoms with Crippen LogP contribution in [0.5, 0.6) is 0 Å². The van der Waals surface area contributed by atoms with Gasteiger partial charge in [0, 0.05) is 0 Å². The molecule has 0 amide bonds. The van der Waals surface area contributed by atoms with Gasteiger partial charge in [-0.3, -0.25) is 0 Å². The summed E-state index contributed by atoms with van der Waals surface area (Å²) in [5.41, 5.74) is 5.76. The van der Waals surface area contributed by atoms with Crippen LogP contribution in [0.4, 0.5) is 0 Å². The van der Waals surface area contributed by atoms with Crippen molar-refractivity contribution in [1.29, 1.82) is 0 Å². The van der Waals surface area contributed by atoms with E-state index >= 15 is 0 Å². The highest BCUT2D eigenvalue weighted by Crippen LogP contribution is 2.28. The molecule has 16 heavy (non-hydrogen) atoms. The Morgan fingerprint density at radius 1 is 1.25 bits per heavy atom. The summed E-state index contributed by atoms with van der Waals surface area (Å²) in [6.45, 7) is 5.27. The quantitative estimate of drug-likeness (QED) is 0.644. The molecule has 0 heterocycles. The molecule has 2 heteroatoms. The van der Waals surface area contributed by atoms with Crippen molar-refractivity contribution in [3.63, 3.8) is 0 Å². The predicted octanol–water partition coefficient (Wildman–Crippen LogP) is 3.49. The second-order valence-corrected chi connectivity index (χ2v) is 5.26. The lowest BCUT2D eigenvalue weighted by molar-refractivity contribution is -0.0246. The van der Waals surface area contributed by atoms with Crippen LogP contribution in [0.1, 0.15) is 65.2 Å². The van der Waals surface area contributed by atoms with E-state index in [1.54, 1.807) is 0 Å². The van der Waals surface area contributed by atoms with Crippen LogP contribution in [0.3, 0.4) is 0 Å². The van der Waals surface area contributed by atoms with Crippen molar-refractivity contribution in [3.05, 3.63) is 0 Å². The van der Waals surface area contributed by atoms with Crippen molar-refractivity contribution in [1.82, 2.24) is 0 Å². The lowest BCUT2D eigenvalue weighted by Crippen LogP contribution is -2.28. The van der Waals surface area contributed by atoms with E-state index in [1.165, 1.54) is 51.4 Å². The van der Waals surface area contributed by atoms with Gasteiger partial charge in [-0.2, -0.15) is 0 Å². The zero-order chi connectivity index (χ0) is 11.8. The van der Waals surface area contributed by atoms with E-state index in [0.717, 1.165) is 6.54 Å². The average Bonchev–Trinajstić information content (AvgIpc) is 2.71. The molecular weight excluding hydrogens is 198 g/mol. The molecule has 0 aromatic rings. The van der Waals surface area contributed by atoms with Crippen molar-refractivity contribution in [3.8, 4) is 0 Å². The maximum absolute atomic E-state index is 6.11. The van der Waals surface area contributed by atoms with Crippen molar-refractivity contribution in [2.75, 3.05) is 6.54 Å². The van der Waals surface area contributed by atoms with Crippen LogP contribution in [0.2, 0.25) is 0 Å². The minimum Gasteiger partial charge on any atom is -0.375 e. The molecular formula is C14H29NO. The zero-order valence-corrected chi connectivity index (χ0v) is 11.1. The minimum absolute atomic E-state index is 0.425. The maximum atomic E-state index is 6.11. The Labute approximate surface area is 101 Å². The molecule has 3 atom stereocenters. The number of rotatable bonds is 8. The van der Waals surface area contributed by atoms with Gasteiger partial charge < -0.3 is 10.5 Å². The smallest absolute Gasteiger partial charge is 0.0618 e. The van der Waals surface area contributed by atoms with E-state index in [1.807, 2.05) is 0 Å². The van der Waals surface area contributed by atoms with Crippen LogP contribution in [0.15, 0.2) is 0 Å². The van der Waals surface area contributed by atoms with Gasteiger partial charge in [0.15, 0.2) is 0 Å². The lowest BCUT2D eigenvalue weighted by atomic mass is 10.1. The largest absolute Gasteiger partial charge is 0.375 e. The molecule has 1 aliphatic carbocycles. The Balaban J connectivity index is 2.10.